The summed E-state index contributed by atoms with van der Waals surface area (Å²) >= 11 is 0. The monoisotopic (exact) mass is 316 g/mol. The van der Waals surface area contributed by atoms with E-state index in [4.69, 9.17) is 0 Å². The second kappa shape index (κ2) is 5.00. The number of carbonyl (C=O) groups is 1. The minimum absolute atomic E-state index is 0.0926. The first-order chi connectivity index (χ1) is 11.0. The maximum atomic E-state index is 13.0. The van der Waals surface area contributed by atoms with Gasteiger partial charge in [0, 0.05) is 44.7 Å². The third-order valence-corrected chi connectivity index (χ3v) is 4.65. The summed E-state index contributed by atoms with van der Waals surface area (Å²) in [6.07, 6.45) is 7.33. The van der Waals surface area contributed by atoms with Crippen LogP contribution in [0.4, 0.5) is 16.0 Å². The van der Waals surface area contributed by atoms with E-state index < -0.39 is 5.82 Å². The quantitative estimate of drug-likeness (QED) is 0.826. The lowest BCUT2D eigenvalue weighted by atomic mass is 9.86. The van der Waals surface area contributed by atoms with Crippen molar-refractivity contribution in [2.24, 2.45) is 12.5 Å². The summed E-state index contributed by atoms with van der Waals surface area (Å²) in [6, 6.07) is 0. The average Bonchev–Trinajstić information content (AvgIpc) is 3.20. The predicted octanol–water partition coefficient (Wildman–Crippen LogP) is 0.983. The highest BCUT2D eigenvalue weighted by molar-refractivity contribution is 5.96. The Hall–Kier alpha value is -2.51. The van der Waals surface area contributed by atoms with Crippen molar-refractivity contribution in [2.45, 2.75) is 12.8 Å². The van der Waals surface area contributed by atoms with Crippen LogP contribution in [0.15, 0.2) is 24.8 Å². The molecule has 2 aliphatic heterocycles. The lowest BCUT2D eigenvalue weighted by Crippen LogP contribution is -2.31. The lowest BCUT2D eigenvalue weighted by Gasteiger charge is -2.23. The van der Waals surface area contributed by atoms with E-state index in [9.17, 15) is 9.18 Å². The highest BCUT2D eigenvalue weighted by Gasteiger charge is 2.48. The number of aromatic nitrogens is 4. The summed E-state index contributed by atoms with van der Waals surface area (Å²) in [4.78, 5) is 24.3. The van der Waals surface area contributed by atoms with E-state index in [0.29, 0.717) is 25.5 Å². The van der Waals surface area contributed by atoms with Crippen molar-refractivity contribution < 1.29 is 9.18 Å². The maximum Gasteiger partial charge on any atom is 0.227 e. The van der Waals surface area contributed by atoms with Crippen LogP contribution in [0.3, 0.4) is 0 Å². The molecule has 0 saturated carbocycles. The standard InChI is InChI=1S/C15H17FN6O/c1-20-8-12(7-19-20)22-10-15(4-13(22)23)2-3-21(9-15)14-17-5-11(16)6-18-14/h5-8H,2-4,9-10H2,1H3/t15-/m0/s1. The Kier molecular flexibility index (Phi) is 3.07. The van der Waals surface area contributed by atoms with Gasteiger partial charge >= 0.3 is 0 Å². The molecular formula is C15H17FN6O. The summed E-state index contributed by atoms with van der Waals surface area (Å²) in [5, 5.41) is 4.14. The zero-order chi connectivity index (χ0) is 16.0. The topological polar surface area (TPSA) is 67.2 Å². The van der Waals surface area contributed by atoms with Gasteiger partial charge in [-0.25, -0.2) is 14.4 Å². The molecule has 120 valence electrons. The predicted molar refractivity (Wildman–Crippen MR) is 81.4 cm³/mol. The van der Waals surface area contributed by atoms with E-state index in [1.54, 1.807) is 10.9 Å². The summed E-state index contributed by atoms with van der Waals surface area (Å²) in [7, 11) is 1.84. The maximum absolute atomic E-state index is 13.0. The molecule has 23 heavy (non-hydrogen) atoms. The first-order valence-corrected chi connectivity index (χ1v) is 7.56. The Morgan fingerprint density at radius 3 is 2.70 bits per heavy atom. The second-order valence-corrected chi connectivity index (χ2v) is 6.40. The molecule has 1 atom stereocenters. The third kappa shape index (κ3) is 2.43. The van der Waals surface area contributed by atoms with Crippen molar-refractivity contribution >= 4 is 17.5 Å². The van der Waals surface area contributed by atoms with Gasteiger partial charge in [0.25, 0.3) is 0 Å². The van der Waals surface area contributed by atoms with Crippen LogP contribution >= 0.6 is 0 Å². The minimum atomic E-state index is -0.443. The van der Waals surface area contributed by atoms with Crippen LogP contribution in [0.5, 0.6) is 0 Å². The van der Waals surface area contributed by atoms with Gasteiger partial charge in [0.2, 0.25) is 11.9 Å². The Morgan fingerprint density at radius 1 is 1.22 bits per heavy atom. The van der Waals surface area contributed by atoms with Gasteiger partial charge in [-0.05, 0) is 6.42 Å². The van der Waals surface area contributed by atoms with E-state index in [-0.39, 0.29) is 11.3 Å². The number of anilines is 2. The fourth-order valence-electron chi connectivity index (χ4n) is 3.53. The molecule has 2 aromatic heterocycles. The van der Waals surface area contributed by atoms with E-state index in [1.165, 1.54) is 12.4 Å². The smallest absolute Gasteiger partial charge is 0.227 e. The van der Waals surface area contributed by atoms with Crippen LogP contribution < -0.4 is 9.80 Å². The Balaban J connectivity index is 1.52. The van der Waals surface area contributed by atoms with Crippen molar-refractivity contribution in [2.75, 3.05) is 29.4 Å². The SMILES string of the molecule is Cn1cc(N2C[C@@]3(CCN(c4ncc(F)cn4)C3)CC2=O)cn1. The van der Waals surface area contributed by atoms with Crippen molar-refractivity contribution in [1.29, 1.82) is 0 Å². The molecule has 2 saturated heterocycles. The average molecular weight is 316 g/mol. The van der Waals surface area contributed by atoms with Crippen LogP contribution in [0.25, 0.3) is 0 Å². The fourth-order valence-corrected chi connectivity index (χ4v) is 3.53. The number of hydrogen-bond acceptors (Lipinski definition) is 5. The molecule has 0 N–H and O–H groups in total. The lowest BCUT2D eigenvalue weighted by molar-refractivity contribution is -0.117. The number of carbonyl (C=O) groups excluding carboxylic acids is 1. The molecule has 0 aromatic carbocycles. The Morgan fingerprint density at radius 2 is 2.00 bits per heavy atom. The molecule has 4 heterocycles. The van der Waals surface area contributed by atoms with Gasteiger partial charge < -0.3 is 9.80 Å². The number of rotatable bonds is 2. The Labute approximate surface area is 132 Å². The van der Waals surface area contributed by atoms with Gasteiger partial charge in [0.1, 0.15) is 0 Å². The summed E-state index contributed by atoms with van der Waals surface area (Å²) in [5.41, 5.74) is 0.746. The van der Waals surface area contributed by atoms with E-state index in [1.807, 2.05) is 23.0 Å². The molecule has 0 radical (unpaired) electrons. The summed E-state index contributed by atoms with van der Waals surface area (Å²) in [5.74, 6) is 0.205. The normalized spacial score (nSPS) is 24.2. The van der Waals surface area contributed by atoms with Crippen LogP contribution in [-0.4, -0.2) is 45.3 Å². The van der Waals surface area contributed by atoms with E-state index >= 15 is 0 Å². The largest absolute Gasteiger partial charge is 0.340 e. The molecule has 7 nitrogen and oxygen atoms in total. The van der Waals surface area contributed by atoms with Crippen molar-refractivity contribution in [3.63, 3.8) is 0 Å². The molecule has 1 spiro atoms. The van der Waals surface area contributed by atoms with Gasteiger partial charge in [-0.3, -0.25) is 9.48 Å². The third-order valence-electron chi connectivity index (χ3n) is 4.65. The molecule has 0 unspecified atom stereocenters. The molecule has 2 fully saturated rings. The van der Waals surface area contributed by atoms with Crippen molar-refractivity contribution in [1.82, 2.24) is 19.7 Å². The first kappa shape index (κ1) is 14.1. The van der Waals surface area contributed by atoms with Crippen LogP contribution in [0.2, 0.25) is 0 Å². The van der Waals surface area contributed by atoms with Crippen molar-refractivity contribution in [3.05, 3.63) is 30.6 Å². The molecule has 2 aromatic rings. The van der Waals surface area contributed by atoms with Crippen molar-refractivity contribution in [3.8, 4) is 0 Å². The van der Waals surface area contributed by atoms with Gasteiger partial charge in [0.05, 0.1) is 24.3 Å². The van der Waals surface area contributed by atoms with Crippen LogP contribution in [0, 0.1) is 11.2 Å². The first-order valence-electron chi connectivity index (χ1n) is 7.56. The van der Waals surface area contributed by atoms with E-state index in [2.05, 4.69) is 15.1 Å². The number of hydrogen-bond donors (Lipinski definition) is 0. The number of aryl methyl sites for hydroxylation is 1. The highest BCUT2D eigenvalue weighted by Crippen LogP contribution is 2.42. The summed E-state index contributed by atoms with van der Waals surface area (Å²) < 4.78 is 14.7. The summed E-state index contributed by atoms with van der Waals surface area (Å²) in [6.45, 7) is 2.16. The molecule has 0 bridgehead atoms. The molecule has 8 heteroatoms. The number of halogens is 1. The highest BCUT2D eigenvalue weighted by atomic mass is 19.1. The Bertz CT molecular complexity index is 745. The number of amides is 1. The molecule has 4 rings (SSSR count). The molecule has 2 aliphatic rings. The van der Waals surface area contributed by atoms with E-state index in [0.717, 1.165) is 18.7 Å². The van der Waals surface area contributed by atoms with Gasteiger partial charge in [-0.1, -0.05) is 0 Å². The van der Waals surface area contributed by atoms with Gasteiger partial charge in [-0.15, -0.1) is 0 Å². The fraction of sp³-hybridized carbons (Fsp3) is 0.467. The second-order valence-electron chi connectivity index (χ2n) is 6.40. The van der Waals surface area contributed by atoms with Crippen LogP contribution in [0.1, 0.15) is 12.8 Å². The molecule has 0 aliphatic carbocycles. The zero-order valence-electron chi connectivity index (χ0n) is 12.8. The van der Waals surface area contributed by atoms with Gasteiger partial charge in [0.15, 0.2) is 5.82 Å². The van der Waals surface area contributed by atoms with Crippen LogP contribution in [-0.2, 0) is 11.8 Å². The number of nitrogens with zero attached hydrogens (tertiary/aromatic N) is 6. The minimum Gasteiger partial charge on any atom is -0.340 e. The van der Waals surface area contributed by atoms with Gasteiger partial charge in [-0.2, -0.15) is 5.10 Å². The molecular weight excluding hydrogens is 299 g/mol. The zero-order valence-corrected chi connectivity index (χ0v) is 12.8. The molecule has 1 amide bonds.